The highest BCUT2D eigenvalue weighted by atomic mass is 14.7. The predicted molar refractivity (Wildman–Crippen MR) is 71.4 cm³/mol. The normalized spacial score (nSPS) is 12.5. The second kappa shape index (κ2) is 3.43. The van der Waals surface area contributed by atoms with Crippen LogP contribution in [0.5, 0.6) is 0 Å². The van der Waals surface area contributed by atoms with E-state index in [9.17, 15) is 0 Å². The fourth-order valence-electron chi connectivity index (χ4n) is 2.68. The van der Waals surface area contributed by atoms with Crippen LogP contribution in [0, 0.1) is 27.7 Å². The minimum atomic E-state index is 0.993. The first kappa shape index (κ1) is 10.5. The fourth-order valence-corrected chi connectivity index (χ4v) is 2.68. The molecule has 17 heavy (non-hydrogen) atoms. The molecule has 0 spiro atoms. The number of nitrogens with zero attached hydrogens (tertiary/aromatic N) is 1. The predicted octanol–water partition coefficient (Wildman–Crippen LogP) is 3.89. The molecule has 1 aromatic heterocycles. The Kier molecular flexibility index (Phi) is 2.12. The van der Waals surface area contributed by atoms with Crippen LogP contribution >= 0.6 is 0 Å². The number of benzene rings is 1. The Morgan fingerprint density at radius 1 is 0.941 bits per heavy atom. The molecule has 1 heteroatoms. The Balaban J connectivity index is 2.33. The average Bonchev–Trinajstić information content (AvgIpc) is 2.63. The van der Waals surface area contributed by atoms with Gasteiger partial charge in [0, 0.05) is 18.2 Å². The zero-order valence-electron chi connectivity index (χ0n) is 10.9. The number of pyridine rings is 1. The topological polar surface area (TPSA) is 12.9 Å². The summed E-state index contributed by atoms with van der Waals surface area (Å²) in [5.74, 6) is 0. The molecule has 0 amide bonds. The molecule has 0 saturated carbocycles. The summed E-state index contributed by atoms with van der Waals surface area (Å²) in [5, 5.41) is 0. The van der Waals surface area contributed by atoms with Gasteiger partial charge >= 0.3 is 0 Å². The summed E-state index contributed by atoms with van der Waals surface area (Å²) in [6.45, 7) is 8.72. The minimum absolute atomic E-state index is 0.993. The van der Waals surface area contributed by atoms with Crippen LogP contribution < -0.4 is 0 Å². The van der Waals surface area contributed by atoms with Gasteiger partial charge in [0.1, 0.15) is 0 Å². The lowest BCUT2D eigenvalue weighted by molar-refractivity contribution is 1.09. The molecule has 0 N–H and O–H groups in total. The van der Waals surface area contributed by atoms with E-state index in [1.807, 2.05) is 6.20 Å². The van der Waals surface area contributed by atoms with Crippen molar-refractivity contribution in [3.63, 3.8) is 0 Å². The SMILES string of the molecule is Cc1cc2c(cc1C)-c1c(ncc(C)c1C)C2. The molecule has 0 unspecified atom stereocenters. The number of aromatic nitrogens is 1. The lowest BCUT2D eigenvalue weighted by atomic mass is 9.97. The van der Waals surface area contributed by atoms with Gasteiger partial charge in [-0.1, -0.05) is 12.1 Å². The van der Waals surface area contributed by atoms with Gasteiger partial charge in [0.25, 0.3) is 0 Å². The number of hydrogen-bond donors (Lipinski definition) is 0. The maximum atomic E-state index is 4.59. The monoisotopic (exact) mass is 223 g/mol. The third kappa shape index (κ3) is 1.42. The maximum absolute atomic E-state index is 4.59. The fraction of sp³-hybridized carbons (Fsp3) is 0.312. The molecular weight excluding hydrogens is 206 g/mol. The Morgan fingerprint density at radius 3 is 2.41 bits per heavy atom. The van der Waals surface area contributed by atoms with Crippen molar-refractivity contribution in [3.8, 4) is 11.1 Å². The van der Waals surface area contributed by atoms with Gasteiger partial charge in [-0.2, -0.15) is 0 Å². The first-order valence-electron chi connectivity index (χ1n) is 6.13. The summed E-state index contributed by atoms with van der Waals surface area (Å²) >= 11 is 0. The molecule has 3 rings (SSSR count). The van der Waals surface area contributed by atoms with Crippen LogP contribution in [-0.4, -0.2) is 4.98 Å². The van der Waals surface area contributed by atoms with Crippen molar-refractivity contribution in [2.75, 3.05) is 0 Å². The average molecular weight is 223 g/mol. The van der Waals surface area contributed by atoms with Crippen molar-refractivity contribution in [3.05, 3.63) is 51.8 Å². The highest BCUT2D eigenvalue weighted by Crippen LogP contribution is 2.39. The number of fused-ring (bicyclic) bond motifs is 3. The molecule has 1 aromatic carbocycles. The van der Waals surface area contributed by atoms with Crippen molar-refractivity contribution in [2.45, 2.75) is 34.1 Å². The molecule has 86 valence electrons. The van der Waals surface area contributed by atoms with E-state index < -0.39 is 0 Å². The number of rotatable bonds is 0. The molecular formula is C16H17N. The standard InChI is InChI=1S/C16H17N/c1-9-5-13-7-15-16(14(13)6-10(9)2)12(4)11(3)8-17-15/h5-6,8H,7H2,1-4H3. The molecule has 2 aromatic rings. The van der Waals surface area contributed by atoms with E-state index in [0.29, 0.717) is 0 Å². The van der Waals surface area contributed by atoms with Crippen LogP contribution in [0.25, 0.3) is 11.1 Å². The van der Waals surface area contributed by atoms with Gasteiger partial charge in [0.05, 0.1) is 5.69 Å². The summed E-state index contributed by atoms with van der Waals surface area (Å²) in [7, 11) is 0. The van der Waals surface area contributed by atoms with Crippen molar-refractivity contribution in [1.82, 2.24) is 4.98 Å². The maximum Gasteiger partial charge on any atom is 0.0528 e. The second-order valence-electron chi connectivity index (χ2n) is 5.16. The molecule has 0 fully saturated rings. The molecule has 1 aliphatic carbocycles. The van der Waals surface area contributed by atoms with Gasteiger partial charge in [-0.05, 0) is 61.1 Å². The largest absolute Gasteiger partial charge is 0.260 e. The van der Waals surface area contributed by atoms with Crippen molar-refractivity contribution >= 4 is 0 Å². The summed E-state index contributed by atoms with van der Waals surface area (Å²) in [4.78, 5) is 4.59. The zero-order chi connectivity index (χ0) is 12.2. The van der Waals surface area contributed by atoms with E-state index >= 15 is 0 Å². The Bertz CT molecular complexity index is 624. The van der Waals surface area contributed by atoms with Gasteiger partial charge in [0.2, 0.25) is 0 Å². The molecule has 1 aliphatic rings. The van der Waals surface area contributed by atoms with E-state index in [4.69, 9.17) is 0 Å². The van der Waals surface area contributed by atoms with E-state index in [0.717, 1.165) is 6.42 Å². The number of hydrogen-bond acceptors (Lipinski definition) is 1. The van der Waals surface area contributed by atoms with E-state index in [2.05, 4.69) is 44.8 Å². The molecule has 1 nitrogen and oxygen atoms in total. The van der Waals surface area contributed by atoms with E-state index in [-0.39, 0.29) is 0 Å². The van der Waals surface area contributed by atoms with Crippen molar-refractivity contribution < 1.29 is 0 Å². The zero-order valence-corrected chi connectivity index (χ0v) is 10.9. The molecule has 0 radical (unpaired) electrons. The van der Waals surface area contributed by atoms with Gasteiger partial charge in [-0.25, -0.2) is 0 Å². The van der Waals surface area contributed by atoms with Gasteiger partial charge < -0.3 is 0 Å². The summed E-state index contributed by atoms with van der Waals surface area (Å²) in [5.41, 5.74) is 10.9. The molecule has 0 bridgehead atoms. The van der Waals surface area contributed by atoms with Crippen LogP contribution in [0.3, 0.4) is 0 Å². The lowest BCUT2D eigenvalue weighted by Gasteiger charge is -2.09. The van der Waals surface area contributed by atoms with E-state index in [1.165, 1.54) is 44.6 Å². The summed E-state index contributed by atoms with van der Waals surface area (Å²) < 4.78 is 0. The Morgan fingerprint density at radius 2 is 1.65 bits per heavy atom. The second-order valence-corrected chi connectivity index (χ2v) is 5.16. The smallest absolute Gasteiger partial charge is 0.0528 e. The minimum Gasteiger partial charge on any atom is -0.260 e. The highest BCUT2D eigenvalue weighted by Gasteiger charge is 2.22. The van der Waals surface area contributed by atoms with E-state index in [1.54, 1.807) is 0 Å². The lowest BCUT2D eigenvalue weighted by Crippen LogP contribution is -1.92. The van der Waals surface area contributed by atoms with Crippen LogP contribution in [0.4, 0.5) is 0 Å². The van der Waals surface area contributed by atoms with Crippen molar-refractivity contribution in [2.24, 2.45) is 0 Å². The van der Waals surface area contributed by atoms with Crippen LogP contribution in [0.15, 0.2) is 18.3 Å². The van der Waals surface area contributed by atoms with Crippen LogP contribution in [-0.2, 0) is 6.42 Å². The number of aryl methyl sites for hydroxylation is 3. The quantitative estimate of drug-likeness (QED) is 0.563. The molecule has 1 heterocycles. The summed E-state index contributed by atoms with van der Waals surface area (Å²) in [6.07, 6.45) is 2.99. The molecule has 0 aliphatic heterocycles. The Hall–Kier alpha value is -1.63. The Labute approximate surface area is 103 Å². The van der Waals surface area contributed by atoms with Crippen LogP contribution in [0.2, 0.25) is 0 Å². The highest BCUT2D eigenvalue weighted by molar-refractivity contribution is 5.79. The van der Waals surface area contributed by atoms with Crippen molar-refractivity contribution in [1.29, 1.82) is 0 Å². The first-order valence-corrected chi connectivity index (χ1v) is 6.13. The summed E-state index contributed by atoms with van der Waals surface area (Å²) in [6, 6.07) is 4.64. The third-order valence-electron chi connectivity index (χ3n) is 4.02. The molecule has 0 saturated heterocycles. The molecule has 0 atom stereocenters. The van der Waals surface area contributed by atoms with Gasteiger partial charge in [-0.15, -0.1) is 0 Å². The third-order valence-corrected chi connectivity index (χ3v) is 4.02. The van der Waals surface area contributed by atoms with Gasteiger partial charge in [-0.3, -0.25) is 4.98 Å². The van der Waals surface area contributed by atoms with Gasteiger partial charge in [0.15, 0.2) is 0 Å². The first-order chi connectivity index (χ1) is 8.08. The van der Waals surface area contributed by atoms with Crippen LogP contribution in [0.1, 0.15) is 33.5 Å².